The van der Waals surface area contributed by atoms with Crippen molar-refractivity contribution in [2.45, 2.75) is 50.6 Å². The van der Waals surface area contributed by atoms with Gasteiger partial charge in [-0.25, -0.2) is 4.79 Å². The third kappa shape index (κ3) is 8.24. The predicted octanol–water partition coefficient (Wildman–Crippen LogP) is 5.80. The summed E-state index contributed by atoms with van der Waals surface area (Å²) in [7, 11) is 0. The fraction of sp³-hybridized carbons (Fsp3) is 0.462. The Morgan fingerprint density at radius 1 is 1.14 bits per heavy atom. The van der Waals surface area contributed by atoms with Crippen LogP contribution in [0.15, 0.2) is 42.5 Å². The van der Waals surface area contributed by atoms with Gasteiger partial charge in [-0.3, -0.25) is 4.90 Å². The molecule has 0 aromatic heterocycles. The number of nitrogens with zero attached hydrogens (tertiary/aromatic N) is 3. The molecule has 0 aliphatic carbocycles. The van der Waals surface area contributed by atoms with Crippen LogP contribution in [-0.4, -0.2) is 66.6 Å². The van der Waals surface area contributed by atoms with E-state index >= 15 is 0 Å². The number of anilines is 1. The lowest BCUT2D eigenvalue weighted by atomic mass is 9.96. The fourth-order valence-corrected chi connectivity index (χ4v) is 4.98. The zero-order chi connectivity index (χ0) is 27.2. The van der Waals surface area contributed by atoms with Gasteiger partial charge >= 0.3 is 12.1 Å². The monoisotopic (exact) mass is 557 g/mol. The van der Waals surface area contributed by atoms with Crippen LogP contribution in [0.3, 0.4) is 0 Å². The van der Waals surface area contributed by atoms with Gasteiger partial charge in [0.25, 0.3) is 0 Å². The van der Waals surface area contributed by atoms with E-state index in [9.17, 15) is 18.4 Å². The van der Waals surface area contributed by atoms with Crippen LogP contribution in [0.1, 0.15) is 30.9 Å². The molecule has 4 rings (SSSR count). The summed E-state index contributed by atoms with van der Waals surface area (Å²) < 4.78 is 37.7. The topological polar surface area (TPSA) is 76.8 Å². The number of benzene rings is 2. The third-order valence-electron chi connectivity index (χ3n) is 6.49. The molecule has 1 N–H and O–H groups in total. The van der Waals surface area contributed by atoms with Crippen molar-refractivity contribution in [1.82, 2.24) is 4.90 Å². The molecule has 0 amide bonds. The molecule has 37 heavy (non-hydrogen) atoms. The minimum absolute atomic E-state index is 0.252. The average molecular weight is 558 g/mol. The lowest BCUT2D eigenvalue weighted by Crippen LogP contribution is -2.56. The van der Waals surface area contributed by atoms with E-state index in [1.807, 2.05) is 24.3 Å². The number of carbonyl (C=O) groups is 1. The van der Waals surface area contributed by atoms with E-state index in [0.29, 0.717) is 22.7 Å². The first-order chi connectivity index (χ1) is 17.5. The molecular weight excluding hydrogens is 530 g/mol. The largest absolute Gasteiger partial charge is 0.490 e. The summed E-state index contributed by atoms with van der Waals surface area (Å²) in [5.41, 5.74) is 2.94. The van der Waals surface area contributed by atoms with Gasteiger partial charge in [-0.2, -0.15) is 18.4 Å². The average Bonchev–Trinajstić information content (AvgIpc) is 2.86. The Labute approximate surface area is 224 Å². The number of carboxylic acids is 1. The molecule has 2 fully saturated rings. The minimum Gasteiger partial charge on any atom is -0.475 e. The van der Waals surface area contributed by atoms with Gasteiger partial charge in [0.2, 0.25) is 0 Å². The van der Waals surface area contributed by atoms with Crippen LogP contribution < -0.4 is 4.90 Å². The predicted molar refractivity (Wildman–Crippen MR) is 136 cm³/mol. The zero-order valence-electron chi connectivity index (χ0n) is 20.2. The fourth-order valence-electron chi connectivity index (χ4n) is 4.69. The van der Waals surface area contributed by atoms with Crippen LogP contribution in [0.4, 0.5) is 18.9 Å². The van der Waals surface area contributed by atoms with E-state index in [1.54, 1.807) is 6.07 Å². The van der Waals surface area contributed by atoms with E-state index in [4.69, 9.17) is 37.8 Å². The summed E-state index contributed by atoms with van der Waals surface area (Å²) in [4.78, 5) is 13.9. The highest BCUT2D eigenvalue weighted by molar-refractivity contribution is 6.31. The number of carboxylic acid groups (broad SMARTS) is 1. The Morgan fingerprint density at radius 3 is 2.30 bits per heavy atom. The second-order valence-corrected chi connectivity index (χ2v) is 9.99. The summed E-state index contributed by atoms with van der Waals surface area (Å²) in [5.74, 6) is -2.76. The van der Waals surface area contributed by atoms with E-state index in [2.05, 4.69) is 34.9 Å². The molecule has 2 aromatic rings. The maximum Gasteiger partial charge on any atom is 0.490 e. The molecule has 0 spiro atoms. The molecule has 0 unspecified atom stereocenters. The van der Waals surface area contributed by atoms with Crippen molar-refractivity contribution >= 4 is 34.9 Å². The molecule has 2 aliphatic heterocycles. The molecular formula is C26H28Cl2F3N3O3. The third-order valence-corrected chi connectivity index (χ3v) is 6.98. The van der Waals surface area contributed by atoms with Crippen molar-refractivity contribution in [3.63, 3.8) is 0 Å². The molecule has 2 aliphatic rings. The number of hydrogen-bond acceptors (Lipinski definition) is 5. The Hall–Kier alpha value is -2.51. The van der Waals surface area contributed by atoms with E-state index in [0.717, 1.165) is 56.2 Å². The van der Waals surface area contributed by atoms with Crippen molar-refractivity contribution < 1.29 is 27.8 Å². The van der Waals surface area contributed by atoms with Gasteiger partial charge in [0.1, 0.15) is 6.07 Å². The van der Waals surface area contributed by atoms with Crippen molar-refractivity contribution in [3.8, 4) is 6.07 Å². The molecule has 11 heteroatoms. The molecule has 0 bridgehead atoms. The zero-order valence-corrected chi connectivity index (χ0v) is 21.7. The van der Waals surface area contributed by atoms with Crippen LogP contribution in [0.25, 0.3) is 0 Å². The summed E-state index contributed by atoms with van der Waals surface area (Å²) in [6.45, 7) is 5.74. The van der Waals surface area contributed by atoms with Gasteiger partial charge in [0.05, 0.1) is 24.0 Å². The maximum atomic E-state index is 10.6. The lowest BCUT2D eigenvalue weighted by Gasteiger charge is -2.46. The number of rotatable bonds is 4. The SMILES string of the molecule is C[C@H]1CN(C2CCN(c3cc(Cl)ccc3C#N)CC2)[C@@H](Cc2ccc(Cl)cc2)CO1.O=C(O)C(F)(F)F. The van der Waals surface area contributed by atoms with Crippen molar-refractivity contribution in [1.29, 1.82) is 5.26 Å². The molecule has 2 heterocycles. The molecule has 2 aromatic carbocycles. The van der Waals surface area contributed by atoms with Gasteiger partial charge in [-0.1, -0.05) is 35.3 Å². The number of aliphatic carboxylic acids is 1. The first kappa shape index (κ1) is 29.1. The van der Waals surface area contributed by atoms with E-state index in [1.165, 1.54) is 5.56 Å². The van der Waals surface area contributed by atoms with Crippen LogP contribution in [-0.2, 0) is 16.0 Å². The molecule has 0 radical (unpaired) electrons. The Morgan fingerprint density at radius 2 is 1.73 bits per heavy atom. The second-order valence-electron chi connectivity index (χ2n) is 9.12. The summed E-state index contributed by atoms with van der Waals surface area (Å²) >= 11 is 12.3. The Balaban J connectivity index is 0.000000479. The molecule has 0 saturated carbocycles. The number of ether oxygens (including phenoxy) is 1. The van der Waals surface area contributed by atoms with Gasteiger partial charge in [0.15, 0.2) is 0 Å². The van der Waals surface area contributed by atoms with Crippen molar-refractivity contribution in [3.05, 3.63) is 63.6 Å². The van der Waals surface area contributed by atoms with E-state index < -0.39 is 12.1 Å². The molecule has 2 saturated heterocycles. The van der Waals surface area contributed by atoms with Crippen molar-refractivity contribution in [2.24, 2.45) is 0 Å². The maximum absolute atomic E-state index is 10.6. The summed E-state index contributed by atoms with van der Waals surface area (Å²) in [6.07, 6.45) is -1.72. The van der Waals surface area contributed by atoms with Gasteiger partial charge in [-0.05, 0) is 62.1 Å². The van der Waals surface area contributed by atoms with Crippen LogP contribution in [0.2, 0.25) is 10.0 Å². The minimum atomic E-state index is -5.08. The number of nitriles is 1. The first-order valence-electron chi connectivity index (χ1n) is 11.8. The molecule has 6 nitrogen and oxygen atoms in total. The second kappa shape index (κ2) is 12.8. The number of hydrogen-bond donors (Lipinski definition) is 1. The van der Waals surface area contributed by atoms with Crippen molar-refractivity contribution in [2.75, 3.05) is 31.1 Å². The highest BCUT2D eigenvalue weighted by Gasteiger charge is 2.38. The van der Waals surface area contributed by atoms with Gasteiger partial charge in [0, 0.05) is 41.8 Å². The highest BCUT2D eigenvalue weighted by Crippen LogP contribution is 2.30. The normalized spacial score (nSPS) is 21.1. The van der Waals surface area contributed by atoms with Crippen LogP contribution >= 0.6 is 23.2 Å². The number of piperidine rings is 1. The quantitative estimate of drug-likeness (QED) is 0.512. The summed E-state index contributed by atoms with van der Waals surface area (Å²) in [6, 6.07) is 16.9. The number of halogens is 5. The lowest BCUT2D eigenvalue weighted by molar-refractivity contribution is -0.192. The van der Waals surface area contributed by atoms with Gasteiger partial charge in [-0.15, -0.1) is 0 Å². The van der Waals surface area contributed by atoms with Crippen LogP contribution in [0, 0.1) is 11.3 Å². The number of alkyl halides is 3. The first-order valence-corrected chi connectivity index (χ1v) is 12.6. The molecule has 200 valence electrons. The highest BCUT2D eigenvalue weighted by atomic mass is 35.5. The number of morpholine rings is 1. The smallest absolute Gasteiger partial charge is 0.475 e. The Bertz CT molecular complexity index is 1100. The van der Waals surface area contributed by atoms with Crippen LogP contribution in [0.5, 0.6) is 0 Å². The van der Waals surface area contributed by atoms with Gasteiger partial charge < -0.3 is 14.7 Å². The Kier molecular flexibility index (Phi) is 10.1. The van der Waals surface area contributed by atoms with E-state index in [-0.39, 0.29) is 6.10 Å². The molecule has 2 atom stereocenters. The summed E-state index contributed by atoms with van der Waals surface area (Å²) in [5, 5.41) is 18.0. The standard InChI is InChI=1S/C24H27Cl2N3O.C2HF3O2/c1-17-15-29(23(16-30-17)12-18-2-5-20(25)6-3-18)22-8-10-28(11-9-22)24-13-21(26)7-4-19(24)14-27;3-2(4,5)1(6)7/h2-7,13,17,22-23H,8-12,15-16H2,1H3;(H,6,7)/t17-,23-;/m0./s1.